The number of primary sulfonamides is 1. The Kier molecular flexibility index (Phi) is 3.09. The molecule has 1 aromatic heterocycles. The maximum atomic E-state index is 12.3. The minimum Gasteiger partial charge on any atom is -0.361 e. The first kappa shape index (κ1) is 14.7. The molecule has 7 heteroatoms. The third-order valence-corrected chi connectivity index (χ3v) is 4.93. The van der Waals surface area contributed by atoms with Crippen molar-refractivity contribution in [1.29, 1.82) is 0 Å². The van der Waals surface area contributed by atoms with Gasteiger partial charge in [0.15, 0.2) is 0 Å². The van der Waals surface area contributed by atoms with Crippen molar-refractivity contribution >= 4 is 44.2 Å². The number of aromatic amines is 1. The zero-order valence-electron chi connectivity index (χ0n) is 12.4. The lowest BCUT2D eigenvalue weighted by Gasteiger charge is -2.02. The molecular formula is C17H13N3O3S. The number of para-hydroxylation sites is 1. The molecule has 6 nitrogen and oxygen atoms in total. The fourth-order valence-electron chi connectivity index (χ4n) is 2.86. The molecule has 0 bridgehead atoms. The number of nitrogens with two attached hydrogens (primary N) is 1. The van der Waals surface area contributed by atoms with Crippen LogP contribution in [0.25, 0.3) is 22.6 Å². The Morgan fingerprint density at radius 2 is 1.88 bits per heavy atom. The maximum absolute atomic E-state index is 12.3. The largest absolute Gasteiger partial charge is 0.361 e. The summed E-state index contributed by atoms with van der Waals surface area (Å²) in [4.78, 5) is 15.4. The van der Waals surface area contributed by atoms with Gasteiger partial charge in [-0.2, -0.15) is 0 Å². The van der Waals surface area contributed by atoms with Crippen LogP contribution < -0.4 is 10.5 Å². The van der Waals surface area contributed by atoms with E-state index in [4.69, 9.17) is 5.14 Å². The van der Waals surface area contributed by atoms with Gasteiger partial charge in [-0.3, -0.25) is 4.79 Å². The predicted molar refractivity (Wildman–Crippen MR) is 92.6 cm³/mol. The molecule has 0 saturated carbocycles. The Bertz CT molecular complexity index is 1130. The van der Waals surface area contributed by atoms with E-state index in [9.17, 15) is 13.2 Å². The number of rotatable bonds is 2. The molecule has 0 spiro atoms. The van der Waals surface area contributed by atoms with Crippen LogP contribution >= 0.6 is 0 Å². The molecule has 0 unspecified atom stereocenters. The van der Waals surface area contributed by atoms with Crippen molar-refractivity contribution in [2.24, 2.45) is 5.14 Å². The van der Waals surface area contributed by atoms with Crippen LogP contribution in [0.15, 0.2) is 53.6 Å². The number of sulfonamides is 1. The van der Waals surface area contributed by atoms with Crippen LogP contribution in [0.5, 0.6) is 0 Å². The van der Waals surface area contributed by atoms with E-state index >= 15 is 0 Å². The van der Waals surface area contributed by atoms with Gasteiger partial charge < -0.3 is 10.3 Å². The molecule has 120 valence electrons. The average molecular weight is 339 g/mol. The highest BCUT2D eigenvalue weighted by Crippen LogP contribution is 2.35. The monoisotopic (exact) mass is 339 g/mol. The van der Waals surface area contributed by atoms with Gasteiger partial charge in [0.25, 0.3) is 5.91 Å². The molecule has 0 aliphatic carbocycles. The summed E-state index contributed by atoms with van der Waals surface area (Å²) in [5, 5.41) is 8.90. The van der Waals surface area contributed by atoms with E-state index in [2.05, 4.69) is 10.3 Å². The van der Waals surface area contributed by atoms with E-state index < -0.39 is 10.0 Å². The summed E-state index contributed by atoms with van der Waals surface area (Å²) >= 11 is 0. The first-order valence-corrected chi connectivity index (χ1v) is 8.74. The van der Waals surface area contributed by atoms with Crippen molar-refractivity contribution < 1.29 is 13.2 Å². The number of nitrogens with one attached hydrogen (secondary N) is 2. The summed E-state index contributed by atoms with van der Waals surface area (Å²) in [7, 11) is -3.83. The number of amides is 1. The number of carbonyl (C=O) groups excluding carboxylic acids is 1. The Morgan fingerprint density at radius 1 is 1.08 bits per heavy atom. The van der Waals surface area contributed by atoms with E-state index in [-0.39, 0.29) is 10.8 Å². The van der Waals surface area contributed by atoms with Crippen LogP contribution in [0.4, 0.5) is 5.69 Å². The van der Waals surface area contributed by atoms with Gasteiger partial charge in [-0.15, -0.1) is 0 Å². The van der Waals surface area contributed by atoms with E-state index in [1.807, 2.05) is 30.5 Å². The maximum Gasteiger partial charge on any atom is 0.256 e. The summed E-state index contributed by atoms with van der Waals surface area (Å²) in [5.74, 6) is -0.276. The molecule has 0 saturated heterocycles. The molecule has 2 aromatic carbocycles. The second-order valence-corrected chi connectivity index (χ2v) is 7.12. The average Bonchev–Trinajstić information content (AvgIpc) is 3.08. The molecule has 3 aromatic rings. The van der Waals surface area contributed by atoms with Crippen LogP contribution in [0.1, 0.15) is 11.1 Å². The molecule has 1 amide bonds. The van der Waals surface area contributed by atoms with E-state index in [0.717, 1.165) is 16.5 Å². The first-order valence-electron chi connectivity index (χ1n) is 7.20. The molecule has 4 N–H and O–H groups in total. The number of aromatic nitrogens is 1. The van der Waals surface area contributed by atoms with Crippen molar-refractivity contribution in [3.8, 4) is 0 Å². The molecule has 0 fully saturated rings. The summed E-state index contributed by atoms with van der Waals surface area (Å²) in [6.45, 7) is 0. The molecule has 1 aliphatic heterocycles. The van der Waals surface area contributed by atoms with Gasteiger partial charge >= 0.3 is 0 Å². The Balaban J connectivity index is 1.90. The predicted octanol–water partition coefficient (Wildman–Crippen LogP) is 2.31. The van der Waals surface area contributed by atoms with E-state index in [1.165, 1.54) is 12.1 Å². The normalized spacial score (nSPS) is 15.7. The zero-order valence-corrected chi connectivity index (χ0v) is 13.2. The van der Waals surface area contributed by atoms with Gasteiger partial charge in [-0.1, -0.05) is 18.2 Å². The molecule has 0 radical (unpaired) electrons. The highest BCUT2D eigenvalue weighted by atomic mass is 32.2. The number of benzene rings is 2. The molecule has 24 heavy (non-hydrogen) atoms. The Labute approximate surface area is 138 Å². The van der Waals surface area contributed by atoms with Crippen molar-refractivity contribution in [2.45, 2.75) is 4.90 Å². The third-order valence-electron chi connectivity index (χ3n) is 4.02. The lowest BCUT2D eigenvalue weighted by molar-refractivity contribution is -0.110. The number of anilines is 1. The summed E-state index contributed by atoms with van der Waals surface area (Å²) < 4.78 is 23.1. The third kappa shape index (κ3) is 2.31. The number of hydrogen-bond donors (Lipinski definition) is 3. The lowest BCUT2D eigenvalue weighted by Crippen LogP contribution is -2.12. The van der Waals surface area contributed by atoms with Gasteiger partial charge in [-0.25, -0.2) is 13.6 Å². The Morgan fingerprint density at radius 3 is 2.67 bits per heavy atom. The second kappa shape index (κ2) is 5.05. The van der Waals surface area contributed by atoms with Crippen LogP contribution in [0, 0.1) is 0 Å². The van der Waals surface area contributed by atoms with Crippen LogP contribution in [-0.4, -0.2) is 19.3 Å². The highest BCUT2D eigenvalue weighted by Gasteiger charge is 2.26. The zero-order chi connectivity index (χ0) is 16.9. The molecule has 1 aliphatic rings. The second-order valence-electron chi connectivity index (χ2n) is 5.55. The molecule has 2 heterocycles. The smallest absolute Gasteiger partial charge is 0.256 e. The van der Waals surface area contributed by atoms with Gasteiger partial charge in [0.1, 0.15) is 0 Å². The summed E-state index contributed by atoms with van der Waals surface area (Å²) in [6.07, 6.45) is 3.55. The van der Waals surface area contributed by atoms with Crippen molar-refractivity contribution in [1.82, 2.24) is 4.98 Å². The topological polar surface area (TPSA) is 105 Å². The lowest BCUT2D eigenvalue weighted by atomic mass is 10.0. The van der Waals surface area contributed by atoms with Crippen molar-refractivity contribution in [3.05, 3.63) is 59.8 Å². The molecule has 4 rings (SSSR count). The number of fused-ring (bicyclic) bond motifs is 2. The quantitative estimate of drug-likeness (QED) is 0.624. The van der Waals surface area contributed by atoms with Crippen LogP contribution in [-0.2, 0) is 14.8 Å². The summed E-state index contributed by atoms with van der Waals surface area (Å²) in [5.41, 5.74) is 3.31. The minimum atomic E-state index is -3.83. The van der Waals surface area contributed by atoms with Gasteiger partial charge in [0.2, 0.25) is 10.0 Å². The number of hydrogen-bond acceptors (Lipinski definition) is 3. The van der Waals surface area contributed by atoms with Gasteiger partial charge in [-0.05, 0) is 30.3 Å². The van der Waals surface area contributed by atoms with Gasteiger partial charge in [0.05, 0.1) is 4.90 Å². The summed E-state index contributed by atoms with van der Waals surface area (Å²) in [6, 6.07) is 12.1. The SMILES string of the molecule is NS(=O)(=O)c1ccc2c(c1)/C(=C\c1c[nH]c3ccccc13)C(=O)N2. The van der Waals surface area contributed by atoms with E-state index in [1.54, 1.807) is 12.1 Å². The standard InChI is InChI=1S/C17H13N3O3S/c18-24(22,23)11-5-6-16-13(8-11)14(17(21)20-16)7-10-9-19-15-4-2-1-3-12(10)15/h1-9,19H,(H,20,21)(H2,18,22,23)/b14-7+. The Hall–Kier alpha value is -2.90. The minimum absolute atomic E-state index is 0.0254. The number of H-pyrrole nitrogens is 1. The molecule has 0 atom stereocenters. The number of carbonyl (C=O) groups is 1. The fraction of sp³-hybridized carbons (Fsp3) is 0. The van der Waals surface area contributed by atoms with Crippen molar-refractivity contribution in [3.63, 3.8) is 0 Å². The highest BCUT2D eigenvalue weighted by molar-refractivity contribution is 7.89. The first-order chi connectivity index (χ1) is 11.4. The fourth-order valence-corrected chi connectivity index (χ4v) is 3.40. The van der Waals surface area contributed by atoms with Crippen molar-refractivity contribution in [2.75, 3.05) is 5.32 Å². The van der Waals surface area contributed by atoms with E-state index in [0.29, 0.717) is 16.8 Å². The van der Waals surface area contributed by atoms with Crippen LogP contribution in [0.3, 0.4) is 0 Å². The molecular weight excluding hydrogens is 326 g/mol. The van der Waals surface area contributed by atoms with Crippen LogP contribution in [0.2, 0.25) is 0 Å². The van der Waals surface area contributed by atoms with Gasteiger partial charge in [0, 0.05) is 39.5 Å².